The molecule has 34 heavy (non-hydrogen) atoms. The highest BCUT2D eigenvalue weighted by Gasteiger charge is 2.25. The van der Waals surface area contributed by atoms with Crippen LogP contribution in [0.4, 0.5) is 8.78 Å². The maximum Gasteiger partial charge on any atom is 0.224 e. The van der Waals surface area contributed by atoms with Crippen molar-refractivity contribution >= 4 is 5.91 Å². The van der Waals surface area contributed by atoms with Gasteiger partial charge in [-0.2, -0.15) is 0 Å². The van der Waals surface area contributed by atoms with E-state index in [1.807, 2.05) is 13.0 Å². The van der Waals surface area contributed by atoms with Gasteiger partial charge in [0, 0.05) is 25.1 Å². The molecule has 0 saturated carbocycles. The zero-order chi connectivity index (χ0) is 24.5. The van der Waals surface area contributed by atoms with Gasteiger partial charge >= 0.3 is 0 Å². The third-order valence-corrected chi connectivity index (χ3v) is 6.40. The predicted octanol–water partition coefficient (Wildman–Crippen LogP) is 4.94. The number of hydrogen-bond acceptors (Lipinski definition) is 3. The Morgan fingerprint density at radius 3 is 2.59 bits per heavy atom. The quantitative estimate of drug-likeness (QED) is 0.408. The minimum Gasteiger partial charge on any atom is -0.390 e. The van der Waals surface area contributed by atoms with Gasteiger partial charge in [-0.1, -0.05) is 44.2 Å². The first kappa shape index (κ1) is 26.0. The summed E-state index contributed by atoms with van der Waals surface area (Å²) in [6, 6.07) is 9.35. The first-order valence-corrected chi connectivity index (χ1v) is 12.3. The molecule has 3 rings (SSSR count). The summed E-state index contributed by atoms with van der Waals surface area (Å²) < 4.78 is 27.5. The Morgan fingerprint density at radius 2 is 1.88 bits per heavy atom. The number of carbonyl (C=O) groups is 1. The Hall–Kier alpha value is -2.57. The molecule has 0 aromatic heterocycles. The van der Waals surface area contributed by atoms with E-state index < -0.39 is 23.8 Å². The van der Waals surface area contributed by atoms with Gasteiger partial charge in [-0.05, 0) is 72.9 Å². The summed E-state index contributed by atoms with van der Waals surface area (Å²) in [7, 11) is 0. The van der Waals surface area contributed by atoms with Gasteiger partial charge in [0.2, 0.25) is 5.91 Å². The molecule has 2 aromatic rings. The van der Waals surface area contributed by atoms with Crippen LogP contribution in [0, 0.1) is 11.6 Å². The van der Waals surface area contributed by atoms with Crippen LogP contribution in [0.25, 0.3) is 0 Å². The van der Waals surface area contributed by atoms with Gasteiger partial charge in [-0.15, -0.1) is 0 Å². The van der Waals surface area contributed by atoms with Gasteiger partial charge in [-0.3, -0.25) is 4.79 Å². The van der Waals surface area contributed by atoms with Crippen LogP contribution in [-0.4, -0.2) is 29.7 Å². The fourth-order valence-corrected chi connectivity index (χ4v) is 4.57. The Morgan fingerprint density at radius 1 is 1.12 bits per heavy atom. The molecule has 0 saturated heterocycles. The van der Waals surface area contributed by atoms with E-state index in [9.17, 15) is 18.7 Å². The Bertz CT molecular complexity index is 972. The smallest absolute Gasteiger partial charge is 0.224 e. The van der Waals surface area contributed by atoms with Crippen molar-refractivity contribution in [2.24, 2.45) is 0 Å². The fourth-order valence-electron chi connectivity index (χ4n) is 4.57. The summed E-state index contributed by atoms with van der Waals surface area (Å²) in [4.78, 5) is 12.5. The molecule has 184 valence electrons. The third kappa shape index (κ3) is 7.47. The van der Waals surface area contributed by atoms with Gasteiger partial charge in [0.1, 0.15) is 11.6 Å². The summed E-state index contributed by atoms with van der Waals surface area (Å²) in [6.45, 7) is 4.38. The van der Waals surface area contributed by atoms with Crippen molar-refractivity contribution in [3.8, 4) is 0 Å². The number of benzene rings is 2. The second kappa shape index (κ2) is 12.8. The fraction of sp³-hybridized carbons (Fsp3) is 0.464. The SMILES string of the molecule is CC/C=C/CC(=O)N[C@@H](Cc1cc(F)cc(F)c1)[C@H](O)CN[C@H]1CCCc2ccc(CC)cc21. The van der Waals surface area contributed by atoms with Gasteiger partial charge in [0.05, 0.1) is 12.1 Å². The van der Waals surface area contributed by atoms with E-state index in [2.05, 4.69) is 35.8 Å². The van der Waals surface area contributed by atoms with E-state index in [4.69, 9.17) is 0 Å². The highest BCUT2D eigenvalue weighted by molar-refractivity contribution is 5.77. The maximum atomic E-state index is 13.7. The zero-order valence-corrected chi connectivity index (χ0v) is 20.1. The van der Waals surface area contributed by atoms with Crippen molar-refractivity contribution in [3.05, 3.63) is 82.4 Å². The van der Waals surface area contributed by atoms with Crippen LogP contribution in [0.2, 0.25) is 0 Å². The molecule has 3 atom stereocenters. The number of carbonyl (C=O) groups excluding carboxylic acids is 1. The predicted molar refractivity (Wildman–Crippen MR) is 132 cm³/mol. The van der Waals surface area contributed by atoms with Crippen LogP contribution < -0.4 is 10.6 Å². The molecule has 3 N–H and O–H groups in total. The number of rotatable bonds is 11. The number of aryl methyl sites for hydroxylation is 2. The zero-order valence-electron chi connectivity index (χ0n) is 20.1. The number of aliphatic hydroxyl groups is 1. The maximum absolute atomic E-state index is 13.7. The summed E-state index contributed by atoms with van der Waals surface area (Å²) >= 11 is 0. The first-order valence-electron chi connectivity index (χ1n) is 12.3. The molecule has 0 spiro atoms. The van der Waals surface area contributed by atoms with Crippen molar-refractivity contribution in [2.75, 3.05) is 6.54 Å². The molecule has 0 aliphatic heterocycles. The highest BCUT2D eigenvalue weighted by Crippen LogP contribution is 2.30. The standard InChI is InChI=1S/C28H36F2N2O2/c1-3-5-6-10-28(34)32-26(16-20-13-22(29)17-23(30)14-20)27(33)18-31-25-9-7-8-21-12-11-19(4-2)15-24(21)25/h5-6,11-15,17,25-27,31,33H,3-4,7-10,16,18H2,1-2H3,(H,32,34)/b6-5+/t25-,26-,27+/m0/s1. The van der Waals surface area contributed by atoms with Crippen LogP contribution in [0.5, 0.6) is 0 Å². The monoisotopic (exact) mass is 470 g/mol. The molecule has 1 aliphatic carbocycles. The van der Waals surface area contributed by atoms with Crippen molar-refractivity contribution in [3.63, 3.8) is 0 Å². The molecule has 1 amide bonds. The third-order valence-electron chi connectivity index (χ3n) is 6.40. The lowest BCUT2D eigenvalue weighted by molar-refractivity contribution is -0.121. The summed E-state index contributed by atoms with van der Waals surface area (Å²) in [5, 5.41) is 17.4. The normalized spacial score (nSPS) is 17.4. The molecule has 1 aliphatic rings. The van der Waals surface area contributed by atoms with E-state index in [0.29, 0.717) is 5.56 Å². The van der Waals surface area contributed by atoms with Crippen molar-refractivity contribution < 1.29 is 18.7 Å². The number of fused-ring (bicyclic) bond motifs is 1. The van der Waals surface area contributed by atoms with Gasteiger partial charge < -0.3 is 15.7 Å². The van der Waals surface area contributed by atoms with Crippen LogP contribution in [0.15, 0.2) is 48.6 Å². The summed E-state index contributed by atoms with van der Waals surface area (Å²) in [5.41, 5.74) is 4.28. The van der Waals surface area contributed by atoms with Crippen LogP contribution in [0.1, 0.15) is 67.8 Å². The molecular formula is C28H36F2N2O2. The minimum absolute atomic E-state index is 0.125. The molecule has 0 bridgehead atoms. The molecule has 0 fully saturated rings. The average molecular weight is 471 g/mol. The van der Waals surface area contributed by atoms with Gasteiger partial charge in [-0.25, -0.2) is 8.78 Å². The average Bonchev–Trinajstić information content (AvgIpc) is 2.81. The topological polar surface area (TPSA) is 61.4 Å². The Kier molecular flexibility index (Phi) is 9.78. The van der Waals surface area contributed by atoms with Crippen LogP contribution >= 0.6 is 0 Å². The number of halogens is 2. The first-order chi connectivity index (χ1) is 16.4. The molecule has 6 heteroatoms. The number of nitrogens with one attached hydrogen (secondary N) is 2. The van der Waals surface area contributed by atoms with E-state index in [1.54, 1.807) is 6.08 Å². The van der Waals surface area contributed by atoms with E-state index in [0.717, 1.165) is 38.2 Å². The van der Waals surface area contributed by atoms with Crippen molar-refractivity contribution in [2.45, 2.75) is 77.0 Å². The number of amides is 1. The lowest BCUT2D eigenvalue weighted by Gasteiger charge is -2.30. The Labute approximate surface area is 201 Å². The van der Waals surface area contributed by atoms with Gasteiger partial charge in [0.15, 0.2) is 0 Å². The molecule has 2 aromatic carbocycles. The molecule has 0 radical (unpaired) electrons. The summed E-state index contributed by atoms with van der Waals surface area (Å²) in [6.07, 6.45) is 7.96. The molecular weight excluding hydrogens is 434 g/mol. The number of allylic oxidation sites excluding steroid dienone is 1. The summed E-state index contributed by atoms with van der Waals surface area (Å²) in [5.74, 6) is -1.59. The Balaban J connectivity index is 1.71. The van der Waals surface area contributed by atoms with Gasteiger partial charge in [0.25, 0.3) is 0 Å². The minimum atomic E-state index is -0.926. The largest absolute Gasteiger partial charge is 0.390 e. The number of aliphatic hydroxyl groups excluding tert-OH is 1. The van der Waals surface area contributed by atoms with Crippen molar-refractivity contribution in [1.29, 1.82) is 0 Å². The molecule has 0 unspecified atom stereocenters. The van der Waals surface area contributed by atoms with E-state index >= 15 is 0 Å². The van der Waals surface area contributed by atoms with Crippen LogP contribution in [0.3, 0.4) is 0 Å². The highest BCUT2D eigenvalue weighted by atomic mass is 19.1. The number of hydrogen-bond donors (Lipinski definition) is 3. The second-order valence-corrected chi connectivity index (χ2v) is 9.05. The lowest BCUT2D eigenvalue weighted by atomic mass is 9.86. The van der Waals surface area contributed by atoms with E-state index in [1.165, 1.54) is 28.8 Å². The molecule has 4 nitrogen and oxygen atoms in total. The van der Waals surface area contributed by atoms with E-state index in [-0.39, 0.29) is 31.3 Å². The molecule has 0 heterocycles. The second-order valence-electron chi connectivity index (χ2n) is 9.05. The van der Waals surface area contributed by atoms with Crippen LogP contribution in [-0.2, 0) is 24.1 Å². The van der Waals surface area contributed by atoms with Crippen molar-refractivity contribution in [1.82, 2.24) is 10.6 Å². The lowest BCUT2D eigenvalue weighted by Crippen LogP contribution is -2.49.